The predicted molar refractivity (Wildman–Crippen MR) is 89.0 cm³/mol. The van der Waals surface area contributed by atoms with E-state index in [0.717, 1.165) is 22.0 Å². The van der Waals surface area contributed by atoms with E-state index in [9.17, 15) is 12.8 Å². The predicted octanol–water partition coefficient (Wildman–Crippen LogP) is 2.43. The molecule has 2 aromatic carbocycles. The summed E-state index contributed by atoms with van der Waals surface area (Å²) in [4.78, 5) is -0.213. The third-order valence-electron chi connectivity index (χ3n) is 3.83. The molecule has 0 saturated carbocycles. The first-order valence-electron chi connectivity index (χ1n) is 7.60. The molecule has 2 aromatic rings. The largest absolute Gasteiger partial charge is 0.495 e. The number of methoxy groups -OCH3 is 1. The zero-order chi connectivity index (χ0) is 18.0. The van der Waals surface area contributed by atoms with Gasteiger partial charge in [-0.25, -0.2) is 12.8 Å². The minimum absolute atomic E-state index is 0.0930. The van der Waals surface area contributed by atoms with Crippen molar-refractivity contribution in [3.8, 4) is 17.2 Å². The number of benzene rings is 2. The van der Waals surface area contributed by atoms with E-state index >= 15 is 0 Å². The highest BCUT2D eigenvalue weighted by atomic mass is 32.2. The third-order valence-corrected chi connectivity index (χ3v) is 5.65. The maximum Gasteiger partial charge on any atom is 0.246 e. The summed E-state index contributed by atoms with van der Waals surface area (Å²) in [5.41, 5.74) is 0.727. The molecule has 0 radical (unpaired) electrons. The second kappa shape index (κ2) is 6.89. The minimum Gasteiger partial charge on any atom is -0.495 e. The smallest absolute Gasteiger partial charge is 0.246 e. The highest BCUT2D eigenvalue weighted by molar-refractivity contribution is 7.89. The molecule has 134 valence electrons. The maximum atomic E-state index is 13.5. The Labute approximate surface area is 145 Å². The molecular formula is C17H18FNO5S. The number of nitrogens with zero attached hydrogens (tertiary/aromatic N) is 1. The molecule has 0 atom stereocenters. The Hall–Kier alpha value is -2.32. The summed E-state index contributed by atoms with van der Waals surface area (Å²) in [6.07, 6.45) is 0. The average Bonchev–Trinajstić information content (AvgIpc) is 2.61. The van der Waals surface area contributed by atoms with E-state index in [2.05, 4.69) is 0 Å². The summed E-state index contributed by atoms with van der Waals surface area (Å²) in [7, 11) is -1.16. The normalized spacial score (nSPS) is 13.8. The lowest BCUT2D eigenvalue weighted by Gasteiger charge is -2.21. The number of rotatable bonds is 5. The molecule has 0 saturated heterocycles. The summed E-state index contributed by atoms with van der Waals surface area (Å²) in [6.45, 7) is 1.03. The first kappa shape index (κ1) is 17.5. The van der Waals surface area contributed by atoms with Crippen molar-refractivity contribution in [2.75, 3.05) is 27.4 Å². The van der Waals surface area contributed by atoms with Crippen molar-refractivity contribution in [2.24, 2.45) is 0 Å². The van der Waals surface area contributed by atoms with E-state index in [1.54, 1.807) is 18.2 Å². The molecular weight excluding hydrogens is 349 g/mol. The summed E-state index contributed by atoms with van der Waals surface area (Å²) >= 11 is 0. The molecule has 25 heavy (non-hydrogen) atoms. The van der Waals surface area contributed by atoms with Gasteiger partial charge in [0.15, 0.2) is 11.5 Å². The molecule has 0 bridgehead atoms. The molecule has 1 aliphatic rings. The van der Waals surface area contributed by atoms with Gasteiger partial charge in [0.1, 0.15) is 29.7 Å². The lowest BCUT2D eigenvalue weighted by atomic mass is 10.2. The third kappa shape index (κ3) is 3.54. The Morgan fingerprint density at radius 1 is 1.12 bits per heavy atom. The lowest BCUT2D eigenvalue weighted by molar-refractivity contribution is 0.171. The summed E-state index contributed by atoms with van der Waals surface area (Å²) in [5.74, 6) is 0.660. The van der Waals surface area contributed by atoms with Gasteiger partial charge in [0.2, 0.25) is 10.0 Å². The Kier molecular flexibility index (Phi) is 4.82. The van der Waals surface area contributed by atoms with Gasteiger partial charge in [-0.3, -0.25) is 0 Å². The van der Waals surface area contributed by atoms with Crippen molar-refractivity contribution in [1.82, 2.24) is 4.31 Å². The Morgan fingerprint density at radius 2 is 1.84 bits per heavy atom. The first-order valence-corrected chi connectivity index (χ1v) is 9.04. The zero-order valence-corrected chi connectivity index (χ0v) is 14.7. The molecule has 1 heterocycles. The van der Waals surface area contributed by atoms with Crippen molar-refractivity contribution >= 4 is 10.0 Å². The van der Waals surface area contributed by atoms with Gasteiger partial charge in [-0.15, -0.1) is 0 Å². The average molecular weight is 367 g/mol. The van der Waals surface area contributed by atoms with E-state index < -0.39 is 15.8 Å². The summed E-state index contributed by atoms with van der Waals surface area (Å²) in [6, 6.07) is 8.64. The van der Waals surface area contributed by atoms with Crippen molar-refractivity contribution in [1.29, 1.82) is 0 Å². The number of hydrogen-bond acceptors (Lipinski definition) is 5. The Balaban J connectivity index is 1.87. The summed E-state index contributed by atoms with van der Waals surface area (Å²) in [5, 5.41) is 0. The van der Waals surface area contributed by atoms with E-state index in [0.29, 0.717) is 24.7 Å². The lowest BCUT2D eigenvalue weighted by Crippen LogP contribution is -2.27. The van der Waals surface area contributed by atoms with Crippen LogP contribution in [0.3, 0.4) is 0 Å². The highest BCUT2D eigenvalue weighted by Crippen LogP contribution is 2.32. The van der Waals surface area contributed by atoms with Gasteiger partial charge in [-0.2, -0.15) is 4.31 Å². The van der Waals surface area contributed by atoms with Crippen LogP contribution < -0.4 is 14.2 Å². The zero-order valence-electron chi connectivity index (χ0n) is 13.9. The monoisotopic (exact) mass is 367 g/mol. The molecule has 0 aromatic heterocycles. The molecule has 0 fully saturated rings. The van der Waals surface area contributed by atoms with Crippen LogP contribution in [0.4, 0.5) is 4.39 Å². The van der Waals surface area contributed by atoms with Crippen LogP contribution in [0.1, 0.15) is 5.56 Å². The first-order chi connectivity index (χ1) is 11.9. The van der Waals surface area contributed by atoms with Crippen LogP contribution in [0.25, 0.3) is 0 Å². The fourth-order valence-corrected chi connectivity index (χ4v) is 3.87. The van der Waals surface area contributed by atoms with Crippen LogP contribution in [0.15, 0.2) is 41.3 Å². The second-order valence-electron chi connectivity index (χ2n) is 5.53. The standard InChI is InChI=1S/C17H18FNO5S/c1-19(11-12-3-5-14-16(9-12)24-8-7-23-14)25(20,21)17-10-13(18)4-6-15(17)22-2/h3-6,9-10H,7-8,11H2,1-2H3. The molecule has 0 unspecified atom stereocenters. The molecule has 0 spiro atoms. The van der Waals surface area contributed by atoms with Gasteiger partial charge >= 0.3 is 0 Å². The van der Waals surface area contributed by atoms with Crippen LogP contribution in [-0.2, 0) is 16.6 Å². The second-order valence-corrected chi connectivity index (χ2v) is 7.55. The number of fused-ring (bicyclic) bond motifs is 1. The van der Waals surface area contributed by atoms with Gasteiger partial charge in [0.05, 0.1) is 7.11 Å². The van der Waals surface area contributed by atoms with E-state index in [4.69, 9.17) is 14.2 Å². The fraction of sp³-hybridized carbons (Fsp3) is 0.294. The SMILES string of the molecule is COc1ccc(F)cc1S(=O)(=O)N(C)Cc1ccc2c(c1)OCCO2. The molecule has 0 amide bonds. The van der Waals surface area contributed by atoms with Gasteiger partial charge in [0, 0.05) is 13.6 Å². The molecule has 1 aliphatic heterocycles. The van der Waals surface area contributed by atoms with Crippen molar-refractivity contribution in [2.45, 2.75) is 11.4 Å². The van der Waals surface area contributed by atoms with Crippen LogP contribution >= 0.6 is 0 Å². The number of halogens is 1. The summed E-state index contributed by atoms with van der Waals surface area (Å²) < 4.78 is 56.2. The Morgan fingerprint density at radius 3 is 2.56 bits per heavy atom. The van der Waals surface area contributed by atoms with Gasteiger partial charge in [-0.05, 0) is 35.9 Å². The van der Waals surface area contributed by atoms with Gasteiger partial charge in [-0.1, -0.05) is 6.07 Å². The molecule has 3 rings (SSSR count). The van der Waals surface area contributed by atoms with Crippen molar-refractivity contribution in [3.05, 3.63) is 47.8 Å². The van der Waals surface area contributed by atoms with Gasteiger partial charge in [0.25, 0.3) is 0 Å². The van der Waals surface area contributed by atoms with Crippen LogP contribution in [0, 0.1) is 5.82 Å². The number of sulfonamides is 1. The highest BCUT2D eigenvalue weighted by Gasteiger charge is 2.26. The van der Waals surface area contributed by atoms with Crippen LogP contribution in [-0.4, -0.2) is 40.1 Å². The van der Waals surface area contributed by atoms with E-state index in [1.807, 2.05) is 0 Å². The van der Waals surface area contributed by atoms with Crippen LogP contribution in [0.5, 0.6) is 17.2 Å². The maximum absolute atomic E-state index is 13.5. The van der Waals surface area contributed by atoms with Crippen molar-refractivity contribution in [3.63, 3.8) is 0 Å². The van der Waals surface area contributed by atoms with E-state index in [1.165, 1.54) is 20.2 Å². The Bertz CT molecular complexity index is 885. The molecule has 6 nitrogen and oxygen atoms in total. The molecule has 0 N–H and O–H groups in total. The number of hydrogen-bond donors (Lipinski definition) is 0. The molecule has 0 aliphatic carbocycles. The minimum atomic E-state index is -3.93. The fourth-order valence-electron chi connectivity index (χ4n) is 2.55. The molecule has 8 heteroatoms. The quantitative estimate of drug-likeness (QED) is 0.812. The van der Waals surface area contributed by atoms with Crippen molar-refractivity contribution < 1.29 is 27.0 Å². The number of ether oxygens (including phenoxy) is 3. The topological polar surface area (TPSA) is 65.1 Å². The van der Waals surface area contributed by atoms with Gasteiger partial charge < -0.3 is 14.2 Å². The van der Waals surface area contributed by atoms with E-state index in [-0.39, 0.29) is 17.2 Å². The van der Waals surface area contributed by atoms with Crippen LogP contribution in [0.2, 0.25) is 0 Å².